The molecular formula is C15H28F3N3O. The minimum absolute atomic E-state index is 0.0967. The minimum Gasteiger partial charge on any atom is -0.372 e. The topological polar surface area (TPSA) is 36.9 Å². The van der Waals surface area contributed by atoms with Crippen LogP contribution in [0.25, 0.3) is 0 Å². The van der Waals surface area contributed by atoms with Crippen LogP contribution in [0, 0.1) is 11.8 Å². The predicted molar refractivity (Wildman–Crippen MR) is 82.0 cm³/mol. The number of nitrogens with one attached hydrogen (secondary N) is 1. The second-order valence-corrected chi connectivity index (χ2v) is 6.23. The molecule has 0 bridgehead atoms. The summed E-state index contributed by atoms with van der Waals surface area (Å²) >= 11 is 0. The maximum atomic E-state index is 11.9. The SMILES string of the molecule is CN=C(NCCCOCC(F)(F)F)N1CCC(CC(C)C)C1. The molecule has 7 heteroatoms. The van der Waals surface area contributed by atoms with Crippen LogP contribution in [-0.4, -0.2) is 56.9 Å². The van der Waals surface area contributed by atoms with Crippen molar-refractivity contribution >= 4 is 5.96 Å². The molecule has 1 rings (SSSR count). The molecular weight excluding hydrogens is 295 g/mol. The lowest BCUT2D eigenvalue weighted by molar-refractivity contribution is -0.173. The van der Waals surface area contributed by atoms with Crippen LogP contribution in [0.15, 0.2) is 4.99 Å². The molecule has 1 atom stereocenters. The van der Waals surface area contributed by atoms with Crippen LogP contribution in [0.5, 0.6) is 0 Å². The molecule has 1 N–H and O–H groups in total. The van der Waals surface area contributed by atoms with Gasteiger partial charge in [0.25, 0.3) is 0 Å². The summed E-state index contributed by atoms with van der Waals surface area (Å²) in [5.74, 6) is 2.24. The quantitative estimate of drug-likeness (QED) is 0.445. The van der Waals surface area contributed by atoms with Gasteiger partial charge in [0.2, 0.25) is 0 Å². The standard InChI is InChI=1S/C15H28F3N3O/c1-12(2)9-13-5-7-21(10-13)14(19-3)20-6-4-8-22-11-15(16,17)18/h12-13H,4-11H2,1-3H3,(H,19,20). The Morgan fingerprint density at radius 2 is 2.14 bits per heavy atom. The van der Waals surface area contributed by atoms with Gasteiger partial charge in [0.1, 0.15) is 6.61 Å². The minimum atomic E-state index is -4.25. The van der Waals surface area contributed by atoms with E-state index in [0.717, 1.165) is 19.0 Å². The summed E-state index contributed by atoms with van der Waals surface area (Å²) in [6.45, 7) is 5.94. The highest BCUT2D eigenvalue weighted by molar-refractivity contribution is 5.80. The van der Waals surface area contributed by atoms with Gasteiger partial charge in [0.05, 0.1) is 0 Å². The number of ether oxygens (including phenoxy) is 1. The maximum absolute atomic E-state index is 11.9. The highest BCUT2D eigenvalue weighted by Crippen LogP contribution is 2.23. The molecule has 4 nitrogen and oxygen atoms in total. The van der Waals surface area contributed by atoms with E-state index < -0.39 is 12.8 Å². The number of hydrogen-bond donors (Lipinski definition) is 1. The van der Waals surface area contributed by atoms with Crippen LogP contribution >= 0.6 is 0 Å². The third-order valence-corrected chi connectivity index (χ3v) is 3.62. The van der Waals surface area contributed by atoms with Gasteiger partial charge in [-0.15, -0.1) is 0 Å². The molecule has 0 saturated carbocycles. The van der Waals surface area contributed by atoms with Crippen molar-refractivity contribution in [3.63, 3.8) is 0 Å². The van der Waals surface area contributed by atoms with Crippen LogP contribution in [0.2, 0.25) is 0 Å². The average molecular weight is 323 g/mol. The molecule has 0 spiro atoms. The number of alkyl halides is 3. The van der Waals surface area contributed by atoms with Crippen molar-refractivity contribution in [3.8, 4) is 0 Å². The average Bonchev–Trinajstić information content (AvgIpc) is 2.84. The van der Waals surface area contributed by atoms with Crippen molar-refractivity contribution in [1.29, 1.82) is 0 Å². The Kier molecular flexibility index (Phi) is 8.00. The number of likely N-dealkylation sites (tertiary alicyclic amines) is 1. The monoisotopic (exact) mass is 323 g/mol. The Morgan fingerprint density at radius 3 is 2.73 bits per heavy atom. The lowest BCUT2D eigenvalue weighted by atomic mass is 9.97. The second-order valence-electron chi connectivity index (χ2n) is 6.23. The first kappa shape index (κ1) is 19.1. The summed E-state index contributed by atoms with van der Waals surface area (Å²) in [6, 6.07) is 0. The zero-order valence-corrected chi connectivity index (χ0v) is 13.7. The third kappa shape index (κ3) is 7.87. The van der Waals surface area contributed by atoms with Crippen LogP contribution in [0.3, 0.4) is 0 Å². The molecule has 0 amide bonds. The van der Waals surface area contributed by atoms with Crippen molar-refractivity contribution in [2.45, 2.75) is 39.3 Å². The van der Waals surface area contributed by atoms with Gasteiger partial charge in [-0.05, 0) is 31.1 Å². The van der Waals surface area contributed by atoms with E-state index in [-0.39, 0.29) is 6.61 Å². The Balaban J connectivity index is 2.18. The zero-order chi connectivity index (χ0) is 16.6. The maximum Gasteiger partial charge on any atom is 0.411 e. The molecule has 130 valence electrons. The van der Waals surface area contributed by atoms with Crippen molar-refractivity contribution < 1.29 is 17.9 Å². The van der Waals surface area contributed by atoms with E-state index in [0.29, 0.717) is 24.8 Å². The van der Waals surface area contributed by atoms with Crippen molar-refractivity contribution in [1.82, 2.24) is 10.2 Å². The van der Waals surface area contributed by atoms with Gasteiger partial charge in [0.15, 0.2) is 5.96 Å². The molecule has 0 aromatic rings. The van der Waals surface area contributed by atoms with Gasteiger partial charge in [0, 0.05) is 33.3 Å². The summed E-state index contributed by atoms with van der Waals surface area (Å²) in [7, 11) is 1.73. The molecule has 1 fully saturated rings. The summed E-state index contributed by atoms with van der Waals surface area (Å²) < 4.78 is 40.3. The predicted octanol–water partition coefficient (Wildman–Crippen LogP) is 2.90. The second kappa shape index (κ2) is 9.22. The van der Waals surface area contributed by atoms with Crippen molar-refractivity contribution in [3.05, 3.63) is 0 Å². The number of aliphatic imine (C=N–C) groups is 1. The molecule has 0 radical (unpaired) electrons. The van der Waals surface area contributed by atoms with Gasteiger partial charge in [-0.3, -0.25) is 4.99 Å². The summed E-state index contributed by atoms with van der Waals surface area (Å²) in [5, 5.41) is 3.20. The van der Waals surface area contributed by atoms with Crippen LogP contribution in [0.4, 0.5) is 13.2 Å². The van der Waals surface area contributed by atoms with Gasteiger partial charge in [-0.25, -0.2) is 0 Å². The summed E-state index contributed by atoms with van der Waals surface area (Å²) in [4.78, 5) is 6.48. The van der Waals surface area contributed by atoms with Gasteiger partial charge in [-0.2, -0.15) is 13.2 Å². The normalized spacial score (nSPS) is 20.0. The zero-order valence-electron chi connectivity index (χ0n) is 13.7. The lowest BCUT2D eigenvalue weighted by Gasteiger charge is -2.22. The highest BCUT2D eigenvalue weighted by atomic mass is 19.4. The molecule has 0 aromatic heterocycles. The van der Waals surface area contributed by atoms with Gasteiger partial charge in [-0.1, -0.05) is 13.8 Å². The highest BCUT2D eigenvalue weighted by Gasteiger charge is 2.27. The van der Waals surface area contributed by atoms with Crippen molar-refractivity contribution in [2.24, 2.45) is 16.8 Å². The van der Waals surface area contributed by atoms with E-state index in [4.69, 9.17) is 0 Å². The molecule has 0 aliphatic carbocycles. The smallest absolute Gasteiger partial charge is 0.372 e. The number of guanidine groups is 1. The van der Waals surface area contributed by atoms with Crippen LogP contribution < -0.4 is 5.32 Å². The fraction of sp³-hybridized carbons (Fsp3) is 0.933. The summed E-state index contributed by atoms with van der Waals surface area (Å²) in [6.07, 6.45) is -1.32. The Labute approximate surface area is 131 Å². The molecule has 1 heterocycles. The molecule has 22 heavy (non-hydrogen) atoms. The number of hydrogen-bond acceptors (Lipinski definition) is 2. The van der Waals surface area contributed by atoms with E-state index in [1.54, 1.807) is 7.05 Å². The lowest BCUT2D eigenvalue weighted by Crippen LogP contribution is -2.40. The Morgan fingerprint density at radius 1 is 1.41 bits per heavy atom. The fourth-order valence-electron chi connectivity index (χ4n) is 2.78. The molecule has 0 aromatic carbocycles. The van der Waals surface area contributed by atoms with Crippen LogP contribution in [-0.2, 0) is 4.74 Å². The number of nitrogens with zero attached hydrogens (tertiary/aromatic N) is 2. The summed E-state index contributed by atoms with van der Waals surface area (Å²) in [5.41, 5.74) is 0. The molecule has 1 aliphatic rings. The molecule has 1 unspecified atom stereocenters. The van der Waals surface area contributed by atoms with E-state index in [1.807, 2.05) is 0 Å². The number of halogens is 3. The van der Waals surface area contributed by atoms with E-state index in [2.05, 4.69) is 33.8 Å². The number of rotatable bonds is 7. The first-order valence-corrected chi connectivity index (χ1v) is 7.92. The molecule has 1 aliphatic heterocycles. The Hall–Kier alpha value is -0.980. The first-order chi connectivity index (χ1) is 10.3. The third-order valence-electron chi connectivity index (χ3n) is 3.62. The van der Waals surface area contributed by atoms with Gasteiger partial charge < -0.3 is 15.0 Å². The molecule has 1 saturated heterocycles. The Bertz CT molecular complexity index is 345. The first-order valence-electron chi connectivity index (χ1n) is 7.92. The van der Waals surface area contributed by atoms with Crippen LogP contribution in [0.1, 0.15) is 33.1 Å². The van der Waals surface area contributed by atoms with Gasteiger partial charge >= 0.3 is 6.18 Å². The van der Waals surface area contributed by atoms with E-state index in [1.165, 1.54) is 12.8 Å². The largest absolute Gasteiger partial charge is 0.411 e. The van der Waals surface area contributed by atoms with E-state index >= 15 is 0 Å². The van der Waals surface area contributed by atoms with E-state index in [9.17, 15) is 13.2 Å². The van der Waals surface area contributed by atoms with Crippen molar-refractivity contribution in [2.75, 3.05) is 39.9 Å². The fourth-order valence-corrected chi connectivity index (χ4v) is 2.78.